The number of ketones is 1. The van der Waals surface area contributed by atoms with Crippen LogP contribution in [0, 0.1) is 5.92 Å². The Morgan fingerprint density at radius 2 is 2.20 bits per heavy atom. The molecule has 0 spiro atoms. The van der Waals surface area contributed by atoms with E-state index in [1.54, 1.807) is 6.08 Å². The van der Waals surface area contributed by atoms with Crippen LogP contribution in [0.25, 0.3) is 0 Å². The summed E-state index contributed by atoms with van der Waals surface area (Å²) in [5.41, 5.74) is 0.512. The second kappa shape index (κ2) is 8.27. The predicted molar refractivity (Wildman–Crippen MR) is 65.7 cm³/mol. The number of nitrogens with one attached hydrogen (secondary N) is 1. The second-order valence-electron chi connectivity index (χ2n) is 4.02. The van der Waals surface area contributed by atoms with Crippen LogP contribution in [0.4, 0.5) is 0 Å². The van der Waals surface area contributed by atoms with Crippen molar-refractivity contribution in [2.24, 2.45) is 5.92 Å². The lowest BCUT2D eigenvalue weighted by Gasteiger charge is -2.11. The zero-order chi connectivity index (χ0) is 11.7. The molecule has 0 aromatic heterocycles. The van der Waals surface area contributed by atoms with Crippen LogP contribution in [0.2, 0.25) is 0 Å². The van der Waals surface area contributed by atoms with Gasteiger partial charge in [-0.3, -0.25) is 4.79 Å². The van der Waals surface area contributed by atoms with E-state index in [1.165, 1.54) is 12.8 Å². The molecule has 0 rings (SSSR count). The van der Waals surface area contributed by atoms with Gasteiger partial charge in [0.1, 0.15) is 0 Å². The summed E-state index contributed by atoms with van der Waals surface area (Å²) in [6.45, 7) is 12.2. The van der Waals surface area contributed by atoms with Gasteiger partial charge in [-0.1, -0.05) is 45.8 Å². The van der Waals surface area contributed by atoms with Gasteiger partial charge in [0.25, 0.3) is 0 Å². The van der Waals surface area contributed by atoms with Crippen LogP contribution in [-0.4, -0.2) is 12.3 Å². The van der Waals surface area contributed by atoms with Crippen LogP contribution in [0.3, 0.4) is 0 Å². The number of carbonyl (C=O) groups is 1. The molecule has 0 bridgehead atoms. The van der Waals surface area contributed by atoms with E-state index in [4.69, 9.17) is 0 Å². The van der Waals surface area contributed by atoms with E-state index in [2.05, 4.69) is 32.3 Å². The van der Waals surface area contributed by atoms with Crippen LogP contribution in [0.1, 0.15) is 39.5 Å². The fourth-order valence-corrected chi connectivity index (χ4v) is 1.39. The first-order valence-corrected chi connectivity index (χ1v) is 5.68. The summed E-state index contributed by atoms with van der Waals surface area (Å²) >= 11 is 0. The highest BCUT2D eigenvalue weighted by Gasteiger charge is 2.11. The van der Waals surface area contributed by atoms with Gasteiger partial charge >= 0.3 is 0 Å². The van der Waals surface area contributed by atoms with E-state index in [-0.39, 0.29) is 5.78 Å². The molecule has 0 aliphatic heterocycles. The highest BCUT2D eigenvalue weighted by atomic mass is 16.1. The van der Waals surface area contributed by atoms with Gasteiger partial charge in [-0.05, 0) is 5.92 Å². The fourth-order valence-electron chi connectivity index (χ4n) is 1.39. The summed E-state index contributed by atoms with van der Waals surface area (Å²) in [5.74, 6) is 0.584. The van der Waals surface area contributed by atoms with Gasteiger partial charge in [0.15, 0.2) is 5.78 Å². The highest BCUT2D eigenvalue weighted by molar-refractivity contribution is 5.94. The van der Waals surface area contributed by atoms with Crippen molar-refractivity contribution in [2.45, 2.75) is 39.5 Å². The molecule has 1 atom stereocenters. The van der Waals surface area contributed by atoms with E-state index in [0.717, 1.165) is 6.42 Å². The Balaban J connectivity index is 3.80. The standard InChI is InChI=1S/C13H23NO/c1-5-7-8-11(3)10-13(15)12(4)14-9-6-2/h6,11,14H,2,4-5,7-10H2,1,3H3. The molecule has 0 saturated carbocycles. The van der Waals surface area contributed by atoms with E-state index in [9.17, 15) is 4.79 Å². The van der Waals surface area contributed by atoms with Crippen LogP contribution >= 0.6 is 0 Å². The zero-order valence-electron chi connectivity index (χ0n) is 10.0. The third-order valence-corrected chi connectivity index (χ3v) is 2.38. The predicted octanol–water partition coefficient (Wildman–Crippen LogP) is 3.06. The average Bonchev–Trinajstić information content (AvgIpc) is 2.22. The molecule has 15 heavy (non-hydrogen) atoms. The Morgan fingerprint density at radius 1 is 1.53 bits per heavy atom. The van der Waals surface area contributed by atoms with Crippen molar-refractivity contribution in [3.8, 4) is 0 Å². The molecule has 0 amide bonds. The molecule has 0 saturated heterocycles. The lowest BCUT2D eigenvalue weighted by molar-refractivity contribution is -0.116. The maximum atomic E-state index is 11.6. The van der Waals surface area contributed by atoms with E-state index >= 15 is 0 Å². The Hall–Kier alpha value is -1.05. The SMILES string of the molecule is C=CCNC(=C)C(=O)CC(C)CCCC. The molecule has 0 aromatic rings. The zero-order valence-corrected chi connectivity index (χ0v) is 10.0. The summed E-state index contributed by atoms with van der Waals surface area (Å²) < 4.78 is 0. The number of unbranched alkanes of at least 4 members (excludes halogenated alkanes) is 1. The van der Waals surface area contributed by atoms with Gasteiger partial charge in [0.2, 0.25) is 0 Å². The monoisotopic (exact) mass is 209 g/mol. The topological polar surface area (TPSA) is 29.1 Å². The minimum Gasteiger partial charge on any atom is -0.379 e. The molecule has 0 radical (unpaired) electrons. The second-order valence-corrected chi connectivity index (χ2v) is 4.02. The van der Waals surface area contributed by atoms with Crippen molar-refractivity contribution in [3.63, 3.8) is 0 Å². The van der Waals surface area contributed by atoms with Crippen molar-refractivity contribution in [3.05, 3.63) is 24.9 Å². The molecule has 2 heteroatoms. The Kier molecular flexibility index (Phi) is 7.69. The van der Waals surface area contributed by atoms with Gasteiger partial charge in [-0.2, -0.15) is 0 Å². The quantitative estimate of drug-likeness (QED) is 0.467. The number of carbonyl (C=O) groups excluding carboxylic acids is 1. The first-order chi connectivity index (χ1) is 7.11. The molecule has 86 valence electrons. The maximum Gasteiger partial charge on any atom is 0.178 e. The number of hydrogen-bond acceptors (Lipinski definition) is 2. The van der Waals surface area contributed by atoms with E-state index in [0.29, 0.717) is 24.6 Å². The lowest BCUT2D eigenvalue weighted by atomic mass is 9.97. The summed E-state index contributed by atoms with van der Waals surface area (Å²) in [5, 5.41) is 2.93. The third kappa shape index (κ3) is 6.95. The summed E-state index contributed by atoms with van der Waals surface area (Å²) in [4.78, 5) is 11.6. The number of rotatable bonds is 9. The van der Waals surface area contributed by atoms with E-state index < -0.39 is 0 Å². The number of hydrogen-bond donors (Lipinski definition) is 1. The highest BCUT2D eigenvalue weighted by Crippen LogP contribution is 2.13. The minimum atomic E-state index is 0.125. The molecular weight excluding hydrogens is 186 g/mol. The molecule has 1 unspecified atom stereocenters. The van der Waals surface area contributed by atoms with E-state index in [1.807, 2.05) is 0 Å². The normalized spacial score (nSPS) is 11.9. The lowest BCUT2D eigenvalue weighted by Crippen LogP contribution is -2.21. The van der Waals surface area contributed by atoms with Crippen molar-refractivity contribution in [1.29, 1.82) is 0 Å². The van der Waals surface area contributed by atoms with Crippen molar-refractivity contribution >= 4 is 5.78 Å². The van der Waals surface area contributed by atoms with Gasteiger partial charge in [-0.25, -0.2) is 0 Å². The summed E-state index contributed by atoms with van der Waals surface area (Å²) in [7, 11) is 0. The smallest absolute Gasteiger partial charge is 0.178 e. The molecule has 0 aliphatic rings. The van der Waals surface area contributed by atoms with Gasteiger partial charge in [-0.15, -0.1) is 6.58 Å². The Morgan fingerprint density at radius 3 is 2.73 bits per heavy atom. The van der Waals surface area contributed by atoms with Crippen LogP contribution in [0.5, 0.6) is 0 Å². The first-order valence-electron chi connectivity index (χ1n) is 5.68. The van der Waals surface area contributed by atoms with Crippen molar-refractivity contribution < 1.29 is 4.79 Å². The van der Waals surface area contributed by atoms with Gasteiger partial charge in [0.05, 0.1) is 5.70 Å². The summed E-state index contributed by atoms with van der Waals surface area (Å²) in [6.07, 6.45) is 5.83. The molecule has 0 aliphatic carbocycles. The maximum absolute atomic E-state index is 11.6. The first kappa shape index (κ1) is 13.9. The van der Waals surface area contributed by atoms with Crippen LogP contribution in [0.15, 0.2) is 24.9 Å². The number of Topliss-reactive ketones (excluding diaryl/α,β-unsaturated/α-hetero) is 1. The van der Waals surface area contributed by atoms with Gasteiger partial charge in [0, 0.05) is 13.0 Å². The molecule has 0 heterocycles. The number of allylic oxidation sites excluding steroid dienone is 1. The van der Waals surface area contributed by atoms with Crippen LogP contribution < -0.4 is 5.32 Å². The third-order valence-electron chi connectivity index (χ3n) is 2.38. The largest absolute Gasteiger partial charge is 0.379 e. The van der Waals surface area contributed by atoms with Crippen LogP contribution in [-0.2, 0) is 4.79 Å². The Labute approximate surface area is 93.5 Å². The molecule has 0 aromatic carbocycles. The molecular formula is C13H23NO. The fraction of sp³-hybridized carbons (Fsp3) is 0.615. The average molecular weight is 209 g/mol. The molecule has 1 N–H and O–H groups in total. The van der Waals surface area contributed by atoms with Crippen molar-refractivity contribution in [2.75, 3.05) is 6.54 Å². The minimum absolute atomic E-state index is 0.125. The molecule has 0 fully saturated rings. The Bertz CT molecular complexity index is 221. The summed E-state index contributed by atoms with van der Waals surface area (Å²) in [6, 6.07) is 0. The molecule has 2 nitrogen and oxygen atoms in total. The van der Waals surface area contributed by atoms with Crippen molar-refractivity contribution in [1.82, 2.24) is 5.32 Å². The van der Waals surface area contributed by atoms with Gasteiger partial charge < -0.3 is 5.32 Å².